The van der Waals surface area contributed by atoms with E-state index in [0.717, 1.165) is 0 Å². The third kappa shape index (κ3) is 0.510. The van der Waals surface area contributed by atoms with Gasteiger partial charge in [0.2, 0.25) is 0 Å². The molecule has 2 aliphatic rings. The average Bonchev–Trinajstić information content (AvgIpc) is 2.39. The van der Waals surface area contributed by atoms with Crippen molar-refractivity contribution < 1.29 is 4.74 Å². The monoisotopic (exact) mass is 111 g/mol. The van der Waals surface area contributed by atoms with Gasteiger partial charge in [-0.2, -0.15) is 0 Å². The van der Waals surface area contributed by atoms with Gasteiger partial charge in [-0.3, -0.25) is 0 Å². The van der Waals surface area contributed by atoms with Crippen LogP contribution in [0.3, 0.4) is 0 Å². The first-order valence-electron chi connectivity index (χ1n) is 3.32. The van der Waals surface area contributed by atoms with Crippen LogP contribution in [0.25, 0.3) is 0 Å². The quantitative estimate of drug-likeness (QED) is 0.432. The SMILES string of the molecule is CC12CCC[CH]C1O2. The van der Waals surface area contributed by atoms with Crippen LogP contribution in [0.1, 0.15) is 26.2 Å². The van der Waals surface area contributed by atoms with E-state index in [0.29, 0.717) is 6.10 Å². The normalized spacial score (nSPS) is 52.9. The second-order valence-electron chi connectivity index (χ2n) is 2.98. The summed E-state index contributed by atoms with van der Waals surface area (Å²) in [5.41, 5.74) is 0.290. The molecule has 0 amide bonds. The minimum atomic E-state index is 0.290. The van der Waals surface area contributed by atoms with Crippen molar-refractivity contribution in [3.8, 4) is 0 Å². The number of rotatable bonds is 0. The molecule has 45 valence electrons. The van der Waals surface area contributed by atoms with Crippen LogP contribution in [0.2, 0.25) is 0 Å². The fourth-order valence-corrected chi connectivity index (χ4v) is 1.48. The number of hydrogen-bond donors (Lipinski definition) is 0. The van der Waals surface area contributed by atoms with Crippen LogP contribution in [0.5, 0.6) is 0 Å². The molecule has 0 bridgehead atoms. The Kier molecular flexibility index (Phi) is 0.762. The zero-order valence-corrected chi connectivity index (χ0v) is 5.18. The molecule has 1 radical (unpaired) electrons. The van der Waals surface area contributed by atoms with Gasteiger partial charge in [-0.15, -0.1) is 0 Å². The molecule has 1 saturated carbocycles. The Morgan fingerprint density at radius 3 is 3.12 bits per heavy atom. The molecule has 1 heterocycles. The molecule has 2 atom stereocenters. The van der Waals surface area contributed by atoms with Crippen molar-refractivity contribution in [3.05, 3.63) is 6.42 Å². The van der Waals surface area contributed by atoms with Gasteiger partial charge in [-0.1, -0.05) is 6.42 Å². The van der Waals surface area contributed by atoms with E-state index in [4.69, 9.17) is 4.74 Å². The predicted octanol–water partition coefficient (Wildman–Crippen LogP) is 1.53. The third-order valence-corrected chi connectivity index (χ3v) is 2.20. The van der Waals surface area contributed by atoms with E-state index < -0.39 is 0 Å². The van der Waals surface area contributed by atoms with Crippen molar-refractivity contribution in [1.29, 1.82) is 0 Å². The molecule has 1 nitrogen and oxygen atoms in total. The first-order valence-corrected chi connectivity index (χ1v) is 3.32. The molecule has 2 fully saturated rings. The molecule has 0 spiro atoms. The van der Waals surface area contributed by atoms with Crippen LogP contribution in [0, 0.1) is 6.42 Å². The van der Waals surface area contributed by atoms with Crippen LogP contribution >= 0.6 is 0 Å². The molecule has 1 heteroatoms. The average molecular weight is 111 g/mol. The fraction of sp³-hybridized carbons (Fsp3) is 0.857. The van der Waals surface area contributed by atoms with Gasteiger partial charge in [0, 0.05) is 0 Å². The summed E-state index contributed by atoms with van der Waals surface area (Å²) in [6, 6.07) is 0. The Bertz CT molecular complexity index is 109. The van der Waals surface area contributed by atoms with E-state index >= 15 is 0 Å². The molecule has 1 aliphatic carbocycles. The minimum Gasteiger partial charge on any atom is -0.366 e. The molecular formula is C7H11O. The third-order valence-electron chi connectivity index (χ3n) is 2.20. The topological polar surface area (TPSA) is 12.5 Å². The van der Waals surface area contributed by atoms with Gasteiger partial charge in [0.15, 0.2) is 0 Å². The van der Waals surface area contributed by atoms with Crippen molar-refractivity contribution in [2.24, 2.45) is 0 Å². The van der Waals surface area contributed by atoms with Crippen LogP contribution in [0.15, 0.2) is 0 Å². The zero-order chi connectivity index (χ0) is 5.61. The molecule has 2 rings (SSSR count). The maximum Gasteiger partial charge on any atom is 0.0923 e. The Balaban J connectivity index is 2.04. The summed E-state index contributed by atoms with van der Waals surface area (Å²) in [4.78, 5) is 0. The van der Waals surface area contributed by atoms with Gasteiger partial charge in [0.25, 0.3) is 0 Å². The van der Waals surface area contributed by atoms with Crippen LogP contribution < -0.4 is 0 Å². The molecule has 0 N–H and O–H groups in total. The molecule has 0 aromatic carbocycles. The van der Waals surface area contributed by atoms with E-state index in [1.54, 1.807) is 0 Å². The smallest absolute Gasteiger partial charge is 0.0923 e. The second-order valence-corrected chi connectivity index (χ2v) is 2.98. The first kappa shape index (κ1) is 4.80. The largest absolute Gasteiger partial charge is 0.366 e. The van der Waals surface area contributed by atoms with Crippen molar-refractivity contribution in [2.45, 2.75) is 37.9 Å². The Morgan fingerprint density at radius 2 is 2.62 bits per heavy atom. The van der Waals surface area contributed by atoms with Crippen LogP contribution in [-0.4, -0.2) is 11.7 Å². The number of ether oxygens (including phenoxy) is 1. The van der Waals surface area contributed by atoms with Crippen molar-refractivity contribution in [3.63, 3.8) is 0 Å². The van der Waals surface area contributed by atoms with E-state index in [-0.39, 0.29) is 5.60 Å². The Labute approximate surface area is 50.0 Å². The molecule has 0 aromatic rings. The fourth-order valence-electron chi connectivity index (χ4n) is 1.48. The first-order chi connectivity index (χ1) is 3.81. The Hall–Kier alpha value is -0.0400. The molecule has 0 aromatic heterocycles. The lowest BCUT2D eigenvalue weighted by molar-refractivity contribution is 0.305. The van der Waals surface area contributed by atoms with Gasteiger partial charge in [-0.05, 0) is 26.2 Å². The van der Waals surface area contributed by atoms with E-state index in [9.17, 15) is 0 Å². The highest BCUT2D eigenvalue weighted by Gasteiger charge is 2.52. The van der Waals surface area contributed by atoms with Crippen molar-refractivity contribution in [2.75, 3.05) is 0 Å². The lowest BCUT2D eigenvalue weighted by Gasteiger charge is -2.09. The highest BCUT2D eigenvalue weighted by atomic mass is 16.6. The maximum absolute atomic E-state index is 5.41. The molecule has 1 aliphatic heterocycles. The van der Waals surface area contributed by atoms with Gasteiger partial charge >= 0.3 is 0 Å². The predicted molar refractivity (Wildman–Crippen MR) is 31.4 cm³/mol. The van der Waals surface area contributed by atoms with Crippen LogP contribution in [0.4, 0.5) is 0 Å². The summed E-state index contributed by atoms with van der Waals surface area (Å²) in [5, 5.41) is 0. The molecule has 2 unspecified atom stereocenters. The highest BCUT2D eigenvalue weighted by molar-refractivity contribution is 5.09. The lowest BCUT2D eigenvalue weighted by Crippen LogP contribution is -2.14. The number of epoxide rings is 1. The standard InChI is InChI=1S/C7H11O/c1-7-5-3-2-4-6(7)8-7/h4,6H,2-3,5H2,1H3. The highest BCUT2D eigenvalue weighted by Crippen LogP contribution is 2.46. The maximum atomic E-state index is 5.41. The van der Waals surface area contributed by atoms with Gasteiger partial charge in [0.1, 0.15) is 0 Å². The van der Waals surface area contributed by atoms with Gasteiger partial charge in [0.05, 0.1) is 11.7 Å². The van der Waals surface area contributed by atoms with Crippen molar-refractivity contribution >= 4 is 0 Å². The van der Waals surface area contributed by atoms with E-state index in [1.165, 1.54) is 19.3 Å². The summed E-state index contributed by atoms with van der Waals surface area (Å²) < 4.78 is 5.41. The van der Waals surface area contributed by atoms with Crippen molar-refractivity contribution in [1.82, 2.24) is 0 Å². The summed E-state index contributed by atoms with van der Waals surface area (Å²) in [6.45, 7) is 2.20. The summed E-state index contributed by atoms with van der Waals surface area (Å²) in [6.07, 6.45) is 6.68. The lowest BCUT2D eigenvalue weighted by atomic mass is 9.91. The van der Waals surface area contributed by atoms with E-state index in [1.807, 2.05) is 0 Å². The minimum absolute atomic E-state index is 0.290. The molecular weight excluding hydrogens is 100 g/mol. The summed E-state index contributed by atoms with van der Waals surface area (Å²) in [5.74, 6) is 0. The van der Waals surface area contributed by atoms with Crippen LogP contribution in [-0.2, 0) is 4.74 Å². The molecule has 1 saturated heterocycles. The summed E-state index contributed by atoms with van der Waals surface area (Å²) >= 11 is 0. The summed E-state index contributed by atoms with van der Waals surface area (Å²) in [7, 11) is 0. The number of fused-ring (bicyclic) bond motifs is 1. The molecule has 8 heavy (non-hydrogen) atoms. The van der Waals surface area contributed by atoms with E-state index in [2.05, 4.69) is 13.3 Å². The van der Waals surface area contributed by atoms with Gasteiger partial charge < -0.3 is 4.74 Å². The Morgan fingerprint density at radius 1 is 1.75 bits per heavy atom. The van der Waals surface area contributed by atoms with Gasteiger partial charge in [-0.25, -0.2) is 0 Å². The zero-order valence-electron chi connectivity index (χ0n) is 5.18. The second kappa shape index (κ2) is 1.27. The number of hydrogen-bond acceptors (Lipinski definition) is 1.